The molecule has 0 spiro atoms. The molecule has 0 radical (unpaired) electrons. The third-order valence-corrected chi connectivity index (χ3v) is 5.62. The summed E-state index contributed by atoms with van der Waals surface area (Å²) in [5.41, 5.74) is 2.43. The monoisotopic (exact) mass is 389 g/mol. The number of hydrogen-bond donors (Lipinski definition) is 1. The van der Waals surface area contributed by atoms with Crippen LogP contribution in [-0.4, -0.2) is 46.6 Å². The molecular formula is C24H31N5. The molecule has 2 heterocycles. The van der Waals surface area contributed by atoms with Gasteiger partial charge in [-0.05, 0) is 44.9 Å². The van der Waals surface area contributed by atoms with E-state index in [1.807, 2.05) is 18.2 Å². The van der Waals surface area contributed by atoms with Crippen LogP contribution in [0.4, 0.5) is 11.8 Å². The predicted octanol–water partition coefficient (Wildman–Crippen LogP) is 4.55. The molecule has 1 aliphatic heterocycles. The average Bonchev–Trinajstić information content (AvgIpc) is 2.99. The second kappa shape index (κ2) is 8.37. The molecule has 3 aromatic rings. The van der Waals surface area contributed by atoms with Gasteiger partial charge >= 0.3 is 0 Å². The van der Waals surface area contributed by atoms with Gasteiger partial charge in [-0.25, -0.2) is 4.98 Å². The van der Waals surface area contributed by atoms with Crippen molar-refractivity contribution in [3.63, 3.8) is 0 Å². The Kier molecular flexibility index (Phi) is 5.67. The normalized spacial score (nSPS) is 16.0. The van der Waals surface area contributed by atoms with Gasteiger partial charge in [-0.3, -0.25) is 4.90 Å². The fourth-order valence-corrected chi connectivity index (χ4v) is 3.91. The summed E-state index contributed by atoms with van der Waals surface area (Å²) >= 11 is 0. The van der Waals surface area contributed by atoms with Crippen LogP contribution in [0.25, 0.3) is 10.9 Å². The van der Waals surface area contributed by atoms with E-state index in [2.05, 4.69) is 72.3 Å². The lowest BCUT2D eigenvalue weighted by Crippen LogP contribution is -2.43. The smallest absolute Gasteiger partial charge is 0.227 e. The molecular weight excluding hydrogens is 358 g/mol. The van der Waals surface area contributed by atoms with Crippen molar-refractivity contribution >= 4 is 22.7 Å². The van der Waals surface area contributed by atoms with Crippen LogP contribution in [0.1, 0.15) is 32.8 Å². The molecule has 0 atom stereocenters. The van der Waals surface area contributed by atoms with Gasteiger partial charge in [-0.2, -0.15) is 4.98 Å². The fraction of sp³-hybridized carbons (Fsp3) is 0.417. The average molecular weight is 390 g/mol. The molecule has 4 rings (SSSR count). The minimum absolute atomic E-state index is 0.197. The standard InChI is InChI=1S/C24H31N5/c1-24(2,3)29-15-9-14-28(16-17-29)23-26-21-13-8-7-12-20(21)22(27-23)25-18-19-10-5-4-6-11-19/h4-8,10-13H,9,14-18H2,1-3H3,(H,25,26,27). The van der Waals surface area contributed by atoms with E-state index >= 15 is 0 Å². The summed E-state index contributed by atoms with van der Waals surface area (Å²) in [4.78, 5) is 14.8. The van der Waals surface area contributed by atoms with Crippen LogP contribution < -0.4 is 10.2 Å². The first kappa shape index (κ1) is 19.6. The fourth-order valence-electron chi connectivity index (χ4n) is 3.91. The Balaban J connectivity index is 1.60. The molecule has 5 heteroatoms. The van der Waals surface area contributed by atoms with Gasteiger partial charge < -0.3 is 10.2 Å². The van der Waals surface area contributed by atoms with Crippen molar-refractivity contribution < 1.29 is 0 Å². The zero-order valence-corrected chi connectivity index (χ0v) is 17.7. The number of para-hydroxylation sites is 1. The molecule has 1 aliphatic rings. The minimum Gasteiger partial charge on any atom is -0.365 e. The SMILES string of the molecule is CC(C)(C)N1CCCN(c2nc(NCc3ccccc3)c3ccccc3n2)CC1. The van der Waals surface area contributed by atoms with Gasteiger partial charge in [0.2, 0.25) is 5.95 Å². The number of aromatic nitrogens is 2. The molecule has 1 N–H and O–H groups in total. The Morgan fingerprint density at radius 3 is 2.41 bits per heavy atom. The zero-order valence-electron chi connectivity index (χ0n) is 17.7. The lowest BCUT2D eigenvalue weighted by atomic mass is 10.1. The van der Waals surface area contributed by atoms with Crippen LogP contribution in [0.3, 0.4) is 0 Å². The summed E-state index contributed by atoms with van der Waals surface area (Å²) in [6.45, 7) is 11.7. The number of nitrogens with one attached hydrogen (secondary N) is 1. The van der Waals surface area contributed by atoms with Crippen molar-refractivity contribution in [2.24, 2.45) is 0 Å². The van der Waals surface area contributed by atoms with Gasteiger partial charge in [0.15, 0.2) is 0 Å². The summed E-state index contributed by atoms with van der Waals surface area (Å²) < 4.78 is 0. The van der Waals surface area contributed by atoms with Crippen LogP contribution in [0.5, 0.6) is 0 Å². The highest BCUT2D eigenvalue weighted by molar-refractivity contribution is 5.90. The zero-order chi connectivity index (χ0) is 20.3. The lowest BCUT2D eigenvalue weighted by Gasteiger charge is -2.34. The maximum absolute atomic E-state index is 4.95. The number of rotatable bonds is 4. The highest BCUT2D eigenvalue weighted by Crippen LogP contribution is 2.25. The Morgan fingerprint density at radius 2 is 1.62 bits per heavy atom. The largest absolute Gasteiger partial charge is 0.365 e. The van der Waals surface area contributed by atoms with E-state index in [9.17, 15) is 0 Å². The highest BCUT2D eigenvalue weighted by atomic mass is 15.3. The third-order valence-electron chi connectivity index (χ3n) is 5.62. The van der Waals surface area contributed by atoms with Gasteiger partial charge in [0, 0.05) is 43.6 Å². The van der Waals surface area contributed by atoms with Gasteiger partial charge in [0.05, 0.1) is 5.52 Å². The molecule has 152 valence electrons. The molecule has 0 unspecified atom stereocenters. The Bertz CT molecular complexity index is 948. The van der Waals surface area contributed by atoms with E-state index in [0.717, 1.165) is 61.8 Å². The number of hydrogen-bond acceptors (Lipinski definition) is 5. The minimum atomic E-state index is 0.197. The molecule has 0 aliphatic carbocycles. The second-order valence-electron chi connectivity index (χ2n) is 8.73. The quantitative estimate of drug-likeness (QED) is 0.709. The lowest BCUT2D eigenvalue weighted by molar-refractivity contribution is 0.148. The first-order chi connectivity index (χ1) is 14.0. The number of benzene rings is 2. The first-order valence-electron chi connectivity index (χ1n) is 10.6. The maximum Gasteiger partial charge on any atom is 0.227 e. The van der Waals surface area contributed by atoms with Crippen LogP contribution in [0, 0.1) is 0 Å². The third kappa shape index (κ3) is 4.67. The van der Waals surface area contributed by atoms with Crippen LogP contribution >= 0.6 is 0 Å². The summed E-state index contributed by atoms with van der Waals surface area (Å²) in [6, 6.07) is 18.7. The molecule has 0 bridgehead atoms. The van der Waals surface area contributed by atoms with Crippen LogP contribution in [0.15, 0.2) is 54.6 Å². The molecule has 1 saturated heterocycles. The van der Waals surface area contributed by atoms with E-state index in [0.29, 0.717) is 0 Å². The molecule has 0 saturated carbocycles. The highest BCUT2D eigenvalue weighted by Gasteiger charge is 2.25. The number of anilines is 2. The first-order valence-corrected chi connectivity index (χ1v) is 10.6. The van der Waals surface area contributed by atoms with Gasteiger partial charge in [-0.1, -0.05) is 42.5 Å². The van der Waals surface area contributed by atoms with Gasteiger partial charge in [0.1, 0.15) is 5.82 Å². The van der Waals surface area contributed by atoms with Crippen molar-refractivity contribution in [3.05, 3.63) is 60.2 Å². The van der Waals surface area contributed by atoms with E-state index < -0.39 is 0 Å². The second-order valence-corrected chi connectivity index (χ2v) is 8.73. The number of nitrogens with zero attached hydrogens (tertiary/aromatic N) is 4. The van der Waals surface area contributed by atoms with Crippen LogP contribution in [0.2, 0.25) is 0 Å². The van der Waals surface area contributed by atoms with Gasteiger partial charge in [-0.15, -0.1) is 0 Å². The van der Waals surface area contributed by atoms with E-state index in [4.69, 9.17) is 9.97 Å². The van der Waals surface area contributed by atoms with E-state index in [-0.39, 0.29) is 5.54 Å². The molecule has 29 heavy (non-hydrogen) atoms. The van der Waals surface area contributed by atoms with Crippen molar-refractivity contribution in [2.45, 2.75) is 39.3 Å². The summed E-state index contributed by atoms with van der Waals surface area (Å²) in [6.07, 6.45) is 1.13. The Morgan fingerprint density at radius 1 is 0.862 bits per heavy atom. The Hall–Kier alpha value is -2.66. The molecule has 2 aromatic carbocycles. The van der Waals surface area contributed by atoms with E-state index in [1.54, 1.807) is 0 Å². The van der Waals surface area contributed by atoms with Crippen molar-refractivity contribution in [3.8, 4) is 0 Å². The van der Waals surface area contributed by atoms with E-state index in [1.165, 1.54) is 5.56 Å². The molecule has 1 fully saturated rings. The Labute approximate surface area is 173 Å². The summed E-state index contributed by atoms with van der Waals surface area (Å²) in [5, 5.41) is 4.61. The van der Waals surface area contributed by atoms with Gasteiger partial charge in [0.25, 0.3) is 0 Å². The molecule has 5 nitrogen and oxygen atoms in total. The number of fused-ring (bicyclic) bond motifs is 1. The van der Waals surface area contributed by atoms with Crippen molar-refractivity contribution in [2.75, 3.05) is 36.4 Å². The van der Waals surface area contributed by atoms with Crippen molar-refractivity contribution in [1.29, 1.82) is 0 Å². The van der Waals surface area contributed by atoms with Crippen molar-refractivity contribution in [1.82, 2.24) is 14.9 Å². The summed E-state index contributed by atoms with van der Waals surface area (Å²) in [7, 11) is 0. The summed E-state index contributed by atoms with van der Waals surface area (Å²) in [5.74, 6) is 1.74. The molecule has 1 aromatic heterocycles. The molecule has 0 amide bonds. The predicted molar refractivity (Wildman–Crippen MR) is 121 cm³/mol. The maximum atomic E-state index is 4.95. The van der Waals surface area contributed by atoms with Crippen LogP contribution in [-0.2, 0) is 6.54 Å². The topological polar surface area (TPSA) is 44.3 Å².